The molecule has 3 rings (SSSR count). The summed E-state index contributed by atoms with van der Waals surface area (Å²) in [5.74, 6) is -0.383. The summed E-state index contributed by atoms with van der Waals surface area (Å²) in [6.45, 7) is 0.719. The highest BCUT2D eigenvalue weighted by Crippen LogP contribution is 2.38. The highest BCUT2D eigenvalue weighted by Gasteiger charge is 2.29. The first-order valence-corrected chi connectivity index (χ1v) is 7.28. The summed E-state index contributed by atoms with van der Waals surface area (Å²) in [5.41, 5.74) is 3.35. The molecule has 1 aromatic heterocycles. The van der Waals surface area contributed by atoms with Crippen molar-refractivity contribution in [2.45, 2.75) is 12.6 Å². The predicted molar refractivity (Wildman–Crippen MR) is 84.1 cm³/mol. The standard InChI is InChI=1S/C15H14BrN3O2/c1-19(8-9-2-4-17-5-3-9)13-7-12-10(6-11(13)16)14(20)15(21)18-12/h2-7,14,20H,8H2,1H3,(H,18,21). The van der Waals surface area contributed by atoms with Crippen LogP contribution in [0.1, 0.15) is 17.2 Å². The fraction of sp³-hybridized carbons (Fsp3) is 0.200. The van der Waals surface area contributed by atoms with Gasteiger partial charge < -0.3 is 15.3 Å². The minimum absolute atomic E-state index is 0.383. The second-order valence-electron chi connectivity index (χ2n) is 4.99. The van der Waals surface area contributed by atoms with Crippen LogP contribution in [0.2, 0.25) is 0 Å². The highest BCUT2D eigenvalue weighted by molar-refractivity contribution is 9.10. The van der Waals surface area contributed by atoms with Crippen molar-refractivity contribution in [1.29, 1.82) is 0 Å². The largest absolute Gasteiger partial charge is 0.378 e. The molecule has 5 nitrogen and oxygen atoms in total. The Bertz CT molecular complexity index is 691. The summed E-state index contributed by atoms with van der Waals surface area (Å²) in [4.78, 5) is 17.6. The third-order valence-electron chi connectivity index (χ3n) is 3.50. The lowest BCUT2D eigenvalue weighted by molar-refractivity contribution is -0.123. The van der Waals surface area contributed by atoms with Crippen LogP contribution >= 0.6 is 15.9 Å². The Morgan fingerprint density at radius 2 is 2.10 bits per heavy atom. The molecule has 0 saturated carbocycles. The lowest BCUT2D eigenvalue weighted by Crippen LogP contribution is -2.17. The lowest BCUT2D eigenvalue weighted by atomic mass is 10.1. The molecule has 0 aliphatic carbocycles. The molecule has 0 spiro atoms. The molecule has 0 radical (unpaired) electrons. The molecule has 0 saturated heterocycles. The van der Waals surface area contributed by atoms with Gasteiger partial charge in [-0.1, -0.05) is 0 Å². The van der Waals surface area contributed by atoms with E-state index in [9.17, 15) is 9.90 Å². The van der Waals surface area contributed by atoms with Crippen molar-refractivity contribution >= 4 is 33.2 Å². The number of fused-ring (bicyclic) bond motifs is 1. The molecule has 1 aromatic carbocycles. The first-order valence-electron chi connectivity index (χ1n) is 6.48. The van der Waals surface area contributed by atoms with Crippen molar-refractivity contribution in [3.63, 3.8) is 0 Å². The normalized spacial score (nSPS) is 16.5. The summed E-state index contributed by atoms with van der Waals surface area (Å²) in [7, 11) is 1.97. The number of aliphatic hydroxyl groups is 1. The Labute approximate surface area is 130 Å². The molecule has 2 N–H and O–H groups in total. The molecule has 21 heavy (non-hydrogen) atoms. The van der Waals surface area contributed by atoms with Crippen LogP contribution < -0.4 is 10.2 Å². The van der Waals surface area contributed by atoms with E-state index in [1.54, 1.807) is 18.5 Å². The molecule has 108 valence electrons. The number of pyridine rings is 1. The Morgan fingerprint density at radius 1 is 1.38 bits per heavy atom. The van der Waals surface area contributed by atoms with Gasteiger partial charge in [0.1, 0.15) is 0 Å². The molecule has 1 unspecified atom stereocenters. The van der Waals surface area contributed by atoms with E-state index in [1.165, 1.54) is 0 Å². The van der Waals surface area contributed by atoms with Gasteiger partial charge >= 0.3 is 0 Å². The van der Waals surface area contributed by atoms with Gasteiger partial charge in [-0.25, -0.2) is 0 Å². The smallest absolute Gasteiger partial charge is 0.257 e. The van der Waals surface area contributed by atoms with Crippen molar-refractivity contribution in [2.75, 3.05) is 17.3 Å². The first-order chi connectivity index (χ1) is 10.1. The van der Waals surface area contributed by atoms with Gasteiger partial charge in [0.2, 0.25) is 0 Å². The second kappa shape index (κ2) is 5.46. The average Bonchev–Trinajstić information content (AvgIpc) is 2.74. The maximum atomic E-state index is 11.5. The van der Waals surface area contributed by atoms with Crippen LogP contribution in [0, 0.1) is 0 Å². The molecular weight excluding hydrogens is 334 g/mol. The van der Waals surface area contributed by atoms with Crippen LogP contribution in [-0.4, -0.2) is 23.0 Å². The third-order valence-corrected chi connectivity index (χ3v) is 4.14. The van der Waals surface area contributed by atoms with Gasteiger partial charge in [-0.3, -0.25) is 9.78 Å². The van der Waals surface area contributed by atoms with Gasteiger partial charge in [-0.2, -0.15) is 0 Å². The number of hydrogen-bond acceptors (Lipinski definition) is 4. The topological polar surface area (TPSA) is 65.5 Å². The SMILES string of the molecule is CN(Cc1ccncc1)c1cc2c(cc1Br)C(O)C(=O)N2. The van der Waals surface area contributed by atoms with Crippen molar-refractivity contribution < 1.29 is 9.90 Å². The van der Waals surface area contributed by atoms with Crippen molar-refractivity contribution in [3.05, 3.63) is 52.3 Å². The number of nitrogens with zero attached hydrogens (tertiary/aromatic N) is 2. The summed E-state index contributed by atoms with van der Waals surface area (Å²) in [5, 5.41) is 12.5. The number of aromatic nitrogens is 1. The third kappa shape index (κ3) is 2.64. The van der Waals surface area contributed by atoms with Gasteiger partial charge in [0.15, 0.2) is 6.10 Å². The lowest BCUT2D eigenvalue weighted by Gasteiger charge is -2.22. The minimum Gasteiger partial charge on any atom is -0.378 e. The fourth-order valence-electron chi connectivity index (χ4n) is 2.39. The zero-order valence-corrected chi connectivity index (χ0v) is 13.0. The number of anilines is 2. The number of amides is 1. The maximum absolute atomic E-state index is 11.5. The Kier molecular flexibility index (Phi) is 3.65. The Morgan fingerprint density at radius 3 is 2.81 bits per heavy atom. The van der Waals surface area contributed by atoms with E-state index in [1.807, 2.05) is 25.2 Å². The molecule has 1 aliphatic rings. The van der Waals surface area contributed by atoms with E-state index >= 15 is 0 Å². The fourth-order valence-corrected chi connectivity index (χ4v) is 3.06. The van der Waals surface area contributed by atoms with E-state index < -0.39 is 6.10 Å². The Hall–Kier alpha value is -1.92. The van der Waals surface area contributed by atoms with Crippen LogP contribution in [0.4, 0.5) is 11.4 Å². The van der Waals surface area contributed by atoms with E-state index in [4.69, 9.17) is 0 Å². The average molecular weight is 348 g/mol. The summed E-state index contributed by atoms with van der Waals surface area (Å²) in [6.07, 6.45) is 2.44. The number of halogens is 1. The van der Waals surface area contributed by atoms with Gasteiger partial charge in [-0.15, -0.1) is 0 Å². The van der Waals surface area contributed by atoms with E-state index in [0.29, 0.717) is 11.3 Å². The minimum atomic E-state index is -1.09. The van der Waals surface area contributed by atoms with Crippen LogP contribution in [-0.2, 0) is 11.3 Å². The number of rotatable bonds is 3. The monoisotopic (exact) mass is 347 g/mol. The molecule has 2 aromatic rings. The van der Waals surface area contributed by atoms with Crippen LogP contribution in [0.5, 0.6) is 0 Å². The highest BCUT2D eigenvalue weighted by atomic mass is 79.9. The Balaban J connectivity index is 1.90. The van der Waals surface area contributed by atoms with Gasteiger partial charge in [-0.05, 0) is 45.8 Å². The van der Waals surface area contributed by atoms with Crippen LogP contribution in [0.3, 0.4) is 0 Å². The van der Waals surface area contributed by atoms with E-state index in [0.717, 1.165) is 22.3 Å². The molecule has 0 bridgehead atoms. The van der Waals surface area contributed by atoms with Crippen molar-refractivity contribution in [3.8, 4) is 0 Å². The number of aliphatic hydroxyl groups excluding tert-OH is 1. The molecule has 1 atom stereocenters. The summed E-state index contributed by atoms with van der Waals surface area (Å²) >= 11 is 3.51. The molecule has 2 heterocycles. The van der Waals surface area contributed by atoms with Gasteiger partial charge in [0, 0.05) is 41.7 Å². The second-order valence-corrected chi connectivity index (χ2v) is 5.85. The van der Waals surface area contributed by atoms with Crippen molar-refractivity contribution in [1.82, 2.24) is 4.98 Å². The summed E-state index contributed by atoms with van der Waals surface area (Å²) in [6, 6.07) is 7.58. The van der Waals surface area contributed by atoms with Gasteiger partial charge in [0.05, 0.1) is 5.69 Å². The van der Waals surface area contributed by atoms with Crippen LogP contribution in [0.25, 0.3) is 0 Å². The van der Waals surface area contributed by atoms with Crippen LogP contribution in [0.15, 0.2) is 41.1 Å². The summed E-state index contributed by atoms with van der Waals surface area (Å²) < 4.78 is 0.841. The number of carbonyl (C=O) groups is 1. The molecule has 6 heteroatoms. The van der Waals surface area contributed by atoms with E-state index in [2.05, 4.69) is 31.1 Å². The van der Waals surface area contributed by atoms with Crippen molar-refractivity contribution in [2.24, 2.45) is 0 Å². The predicted octanol–water partition coefficient (Wildman–Crippen LogP) is 2.47. The zero-order chi connectivity index (χ0) is 15.0. The molecule has 0 fully saturated rings. The van der Waals surface area contributed by atoms with Gasteiger partial charge in [0.25, 0.3) is 5.91 Å². The number of carbonyl (C=O) groups excluding carboxylic acids is 1. The zero-order valence-electron chi connectivity index (χ0n) is 11.4. The molecule has 1 aliphatic heterocycles. The number of benzene rings is 1. The quantitative estimate of drug-likeness (QED) is 0.894. The first kappa shape index (κ1) is 14.0. The number of hydrogen-bond donors (Lipinski definition) is 2. The molecule has 1 amide bonds. The number of nitrogens with one attached hydrogen (secondary N) is 1. The molecular formula is C15H14BrN3O2. The van der Waals surface area contributed by atoms with E-state index in [-0.39, 0.29) is 5.91 Å². The maximum Gasteiger partial charge on any atom is 0.257 e.